The van der Waals surface area contributed by atoms with Gasteiger partial charge in [0.15, 0.2) is 11.6 Å². The third-order valence-electron chi connectivity index (χ3n) is 1.84. The maximum absolute atomic E-state index is 13.5. The van der Waals surface area contributed by atoms with Crippen molar-refractivity contribution in [3.05, 3.63) is 24.0 Å². The predicted octanol–water partition coefficient (Wildman–Crippen LogP) is 1.25. The zero-order chi connectivity index (χ0) is 13.8. The summed E-state index contributed by atoms with van der Waals surface area (Å²) in [5.41, 5.74) is 5.23. The van der Waals surface area contributed by atoms with E-state index in [1.807, 2.05) is 0 Å². The number of hydrogen-bond donors (Lipinski definition) is 2. The van der Waals surface area contributed by atoms with Crippen molar-refractivity contribution in [3.8, 4) is 5.75 Å². The zero-order valence-electron chi connectivity index (χ0n) is 9.64. The molecule has 0 heterocycles. The van der Waals surface area contributed by atoms with Gasteiger partial charge in [-0.15, -0.1) is 0 Å². The molecule has 3 N–H and O–H groups in total. The molecule has 1 rings (SSSR count). The van der Waals surface area contributed by atoms with Crippen molar-refractivity contribution in [2.75, 3.05) is 17.1 Å². The minimum absolute atomic E-state index is 0.0646. The third-order valence-corrected chi connectivity index (χ3v) is 3.40. The summed E-state index contributed by atoms with van der Waals surface area (Å²) in [6.07, 6.45) is 0. The molecule has 0 amide bonds. The van der Waals surface area contributed by atoms with Gasteiger partial charge in [-0.25, -0.2) is 12.8 Å². The Hall–Kier alpha value is -1.41. The van der Waals surface area contributed by atoms with Gasteiger partial charge in [-0.1, -0.05) is 12.2 Å². The van der Waals surface area contributed by atoms with E-state index in [0.717, 1.165) is 6.07 Å². The van der Waals surface area contributed by atoms with Gasteiger partial charge in [0.2, 0.25) is 10.0 Å². The summed E-state index contributed by atoms with van der Waals surface area (Å²) < 4.78 is 43.6. The fourth-order valence-electron chi connectivity index (χ4n) is 1.24. The molecule has 5 nitrogen and oxygen atoms in total. The van der Waals surface area contributed by atoms with Crippen LogP contribution in [0.15, 0.2) is 18.2 Å². The van der Waals surface area contributed by atoms with Crippen LogP contribution in [0, 0.1) is 5.82 Å². The fraction of sp³-hybridized carbons (Fsp3) is 0.300. The fourth-order valence-corrected chi connectivity index (χ4v) is 2.64. The van der Waals surface area contributed by atoms with Crippen LogP contribution in [0.4, 0.5) is 10.1 Å². The van der Waals surface area contributed by atoms with Crippen molar-refractivity contribution >= 4 is 32.9 Å². The number of nitrogens with one attached hydrogen (secondary N) is 1. The maximum Gasteiger partial charge on any atom is 0.239 e. The van der Waals surface area contributed by atoms with Crippen molar-refractivity contribution in [1.82, 2.24) is 0 Å². The van der Waals surface area contributed by atoms with E-state index < -0.39 is 21.6 Å². The van der Waals surface area contributed by atoms with Crippen LogP contribution in [0.2, 0.25) is 0 Å². The van der Waals surface area contributed by atoms with Crippen molar-refractivity contribution in [2.45, 2.75) is 6.92 Å². The van der Waals surface area contributed by atoms with E-state index in [-0.39, 0.29) is 16.4 Å². The monoisotopic (exact) mass is 292 g/mol. The van der Waals surface area contributed by atoms with Crippen LogP contribution >= 0.6 is 12.2 Å². The molecule has 0 radical (unpaired) electrons. The van der Waals surface area contributed by atoms with Gasteiger partial charge in [-0.2, -0.15) is 0 Å². The molecule has 0 saturated heterocycles. The molecule has 0 fully saturated rings. The van der Waals surface area contributed by atoms with E-state index in [0.29, 0.717) is 6.61 Å². The lowest BCUT2D eigenvalue weighted by Crippen LogP contribution is -2.26. The minimum Gasteiger partial charge on any atom is -0.491 e. The first-order chi connectivity index (χ1) is 8.34. The standard InChI is InChI=1S/C10H13FN2O3S2/c1-2-16-9-4-3-7(5-8(9)11)13-18(14,15)6-10(12)17/h3-5,13H,2,6H2,1H3,(H2,12,17). The summed E-state index contributed by atoms with van der Waals surface area (Å²) in [5.74, 6) is -1.07. The second-order valence-corrected chi connectivity index (χ2v) is 5.65. The Morgan fingerprint density at radius 3 is 2.72 bits per heavy atom. The third kappa shape index (κ3) is 4.46. The molecule has 0 unspecified atom stereocenters. The first-order valence-corrected chi connectivity index (χ1v) is 7.11. The van der Waals surface area contributed by atoms with Crippen molar-refractivity contribution in [3.63, 3.8) is 0 Å². The molecule has 0 aliphatic rings. The van der Waals surface area contributed by atoms with E-state index in [2.05, 4.69) is 16.9 Å². The molecule has 0 atom stereocenters. The summed E-state index contributed by atoms with van der Waals surface area (Å²) >= 11 is 4.51. The molecule has 0 aromatic heterocycles. The Morgan fingerprint density at radius 2 is 2.22 bits per heavy atom. The number of thiocarbonyl (C=S) groups is 1. The van der Waals surface area contributed by atoms with E-state index >= 15 is 0 Å². The Kier molecular flexibility index (Phi) is 4.85. The Bertz CT molecular complexity index is 546. The molecular weight excluding hydrogens is 279 g/mol. The lowest BCUT2D eigenvalue weighted by molar-refractivity contribution is 0.321. The molecule has 1 aromatic carbocycles. The molecule has 0 spiro atoms. The number of rotatable bonds is 6. The Balaban J connectivity index is 2.86. The quantitative estimate of drug-likeness (QED) is 0.771. The molecule has 100 valence electrons. The highest BCUT2D eigenvalue weighted by molar-refractivity contribution is 7.95. The van der Waals surface area contributed by atoms with Gasteiger partial charge in [0.1, 0.15) is 5.75 Å². The molecular formula is C10H13FN2O3S2. The van der Waals surface area contributed by atoms with Crippen LogP contribution in [0.25, 0.3) is 0 Å². The molecule has 1 aromatic rings. The van der Waals surface area contributed by atoms with Crippen molar-refractivity contribution < 1.29 is 17.5 Å². The lowest BCUT2D eigenvalue weighted by atomic mass is 10.3. The Labute approximate surface area is 110 Å². The Morgan fingerprint density at radius 1 is 1.56 bits per heavy atom. The van der Waals surface area contributed by atoms with Crippen LogP contribution in [0.5, 0.6) is 5.75 Å². The van der Waals surface area contributed by atoms with Gasteiger partial charge in [0.05, 0.1) is 17.3 Å². The van der Waals surface area contributed by atoms with Gasteiger partial charge >= 0.3 is 0 Å². The van der Waals surface area contributed by atoms with E-state index in [1.165, 1.54) is 12.1 Å². The minimum atomic E-state index is -3.70. The van der Waals surface area contributed by atoms with Crippen LogP contribution < -0.4 is 15.2 Å². The topological polar surface area (TPSA) is 81.4 Å². The van der Waals surface area contributed by atoms with Crippen LogP contribution in [-0.4, -0.2) is 25.8 Å². The van der Waals surface area contributed by atoms with E-state index in [1.54, 1.807) is 6.92 Å². The molecule has 0 saturated carbocycles. The molecule has 18 heavy (non-hydrogen) atoms. The zero-order valence-corrected chi connectivity index (χ0v) is 11.3. The van der Waals surface area contributed by atoms with Gasteiger partial charge in [-0.3, -0.25) is 4.72 Å². The van der Waals surface area contributed by atoms with Gasteiger partial charge in [0.25, 0.3) is 0 Å². The normalized spacial score (nSPS) is 11.0. The first kappa shape index (κ1) is 14.7. The molecule has 0 aliphatic heterocycles. The van der Waals surface area contributed by atoms with Crippen LogP contribution in [0.3, 0.4) is 0 Å². The molecule has 0 bridgehead atoms. The number of anilines is 1. The molecule has 8 heteroatoms. The average Bonchev–Trinajstić information content (AvgIpc) is 2.19. The highest BCUT2D eigenvalue weighted by atomic mass is 32.2. The summed E-state index contributed by atoms with van der Waals surface area (Å²) in [6.45, 7) is 2.04. The highest BCUT2D eigenvalue weighted by Gasteiger charge is 2.13. The number of nitrogens with two attached hydrogens (primary N) is 1. The summed E-state index contributed by atoms with van der Waals surface area (Å²) in [4.78, 5) is -0.158. The number of ether oxygens (including phenoxy) is 1. The lowest BCUT2D eigenvalue weighted by Gasteiger charge is -2.09. The summed E-state index contributed by atoms with van der Waals surface area (Å²) in [5, 5.41) is 0. The van der Waals surface area contributed by atoms with Crippen molar-refractivity contribution in [2.24, 2.45) is 5.73 Å². The SMILES string of the molecule is CCOc1ccc(NS(=O)(=O)CC(N)=S)cc1F. The van der Waals surface area contributed by atoms with Gasteiger partial charge in [0, 0.05) is 6.07 Å². The van der Waals surface area contributed by atoms with E-state index in [4.69, 9.17) is 10.5 Å². The first-order valence-electron chi connectivity index (χ1n) is 5.05. The van der Waals surface area contributed by atoms with E-state index in [9.17, 15) is 12.8 Å². The maximum atomic E-state index is 13.5. The summed E-state index contributed by atoms with van der Waals surface area (Å²) in [6, 6.07) is 3.77. The number of halogens is 1. The molecule has 0 aliphatic carbocycles. The number of benzene rings is 1. The largest absolute Gasteiger partial charge is 0.491 e. The predicted molar refractivity (Wildman–Crippen MR) is 71.8 cm³/mol. The smallest absolute Gasteiger partial charge is 0.239 e. The number of sulfonamides is 1. The average molecular weight is 292 g/mol. The second kappa shape index (κ2) is 5.96. The number of hydrogen-bond acceptors (Lipinski definition) is 4. The van der Waals surface area contributed by atoms with Gasteiger partial charge < -0.3 is 10.5 Å². The van der Waals surface area contributed by atoms with Crippen LogP contribution in [-0.2, 0) is 10.0 Å². The summed E-state index contributed by atoms with van der Waals surface area (Å²) in [7, 11) is -3.70. The van der Waals surface area contributed by atoms with Crippen molar-refractivity contribution in [1.29, 1.82) is 0 Å². The van der Waals surface area contributed by atoms with Crippen LogP contribution in [0.1, 0.15) is 6.92 Å². The highest BCUT2D eigenvalue weighted by Crippen LogP contribution is 2.21. The second-order valence-electron chi connectivity index (χ2n) is 3.41. The van der Waals surface area contributed by atoms with Gasteiger partial charge in [-0.05, 0) is 19.1 Å².